The molecule has 0 bridgehead atoms. The average molecular weight is 758 g/mol. The molecule has 13 nitrogen and oxygen atoms in total. The van der Waals surface area contributed by atoms with Gasteiger partial charge in [-0.3, -0.25) is 34.9 Å². The number of hydrogen-bond acceptors (Lipinski definition) is 10. The summed E-state index contributed by atoms with van der Waals surface area (Å²) in [5.41, 5.74) is 11.5. The molecule has 292 valence electrons. The highest BCUT2D eigenvalue weighted by molar-refractivity contribution is 6.27. The zero-order valence-corrected chi connectivity index (χ0v) is 31.8. The van der Waals surface area contributed by atoms with Crippen molar-refractivity contribution in [1.29, 1.82) is 10.8 Å². The Bertz CT molecular complexity index is 2040. The van der Waals surface area contributed by atoms with Crippen LogP contribution < -0.4 is 20.9 Å². The van der Waals surface area contributed by atoms with Crippen LogP contribution in [0, 0.1) is 10.8 Å². The standard InChI is InChI=1S/C43H51N9O4/c44-37(35-3-1-2-4-39(35)53)26-36(41(45)46)28-5-7-30(8-6-28)48-17-19-49(20-18-48)31-9-11-32(12-10-31)50-21-23-51(24-22-50)33-13-14-34-29(25-33)27-52(43(34)56)38-15-16-40(54)47-42(38)55/h1-8,13-14,25-26,31-32,38,44,53H,9-12,15-24,27H2,(H3,45,46)(H,47,54,55)/b36-26-,44-37?. The molecule has 4 heterocycles. The highest BCUT2D eigenvalue weighted by Gasteiger charge is 2.39. The Morgan fingerprint density at radius 3 is 1.93 bits per heavy atom. The quantitative estimate of drug-likeness (QED) is 0.124. The minimum absolute atomic E-state index is 0.0202. The Morgan fingerprint density at radius 2 is 1.34 bits per heavy atom. The number of allylic oxidation sites excluding steroid dienone is 1. The van der Waals surface area contributed by atoms with Gasteiger partial charge in [0.05, 0.1) is 5.71 Å². The lowest BCUT2D eigenvalue weighted by molar-refractivity contribution is -0.136. The van der Waals surface area contributed by atoms with Crippen molar-refractivity contribution in [3.63, 3.8) is 0 Å². The predicted octanol–water partition coefficient (Wildman–Crippen LogP) is 3.80. The number of nitrogens with zero attached hydrogens (tertiary/aromatic N) is 5. The molecule has 0 aromatic heterocycles. The van der Waals surface area contributed by atoms with Gasteiger partial charge in [0, 0.05) is 105 Å². The van der Waals surface area contributed by atoms with Crippen molar-refractivity contribution in [2.45, 2.75) is 63.2 Å². The first-order chi connectivity index (χ1) is 27.1. The summed E-state index contributed by atoms with van der Waals surface area (Å²) in [4.78, 5) is 49.0. The van der Waals surface area contributed by atoms with E-state index in [-0.39, 0.29) is 41.4 Å². The van der Waals surface area contributed by atoms with E-state index in [2.05, 4.69) is 43.1 Å². The Morgan fingerprint density at radius 1 is 0.750 bits per heavy atom. The molecule has 8 rings (SSSR count). The summed E-state index contributed by atoms with van der Waals surface area (Å²) in [6.45, 7) is 8.32. The molecule has 6 N–H and O–H groups in total. The van der Waals surface area contributed by atoms with E-state index in [1.807, 2.05) is 24.3 Å². The van der Waals surface area contributed by atoms with E-state index in [1.54, 1.807) is 35.2 Å². The van der Waals surface area contributed by atoms with Gasteiger partial charge in [-0.25, -0.2) is 0 Å². The molecule has 3 amide bonds. The molecule has 4 aliphatic heterocycles. The number of anilines is 2. The monoisotopic (exact) mass is 757 g/mol. The first kappa shape index (κ1) is 37.4. The number of phenolic OH excluding ortho intramolecular Hbond substituents is 1. The van der Waals surface area contributed by atoms with E-state index in [0.717, 1.165) is 74.9 Å². The molecule has 5 aliphatic rings. The summed E-state index contributed by atoms with van der Waals surface area (Å²) in [6.07, 6.45) is 7.05. The van der Waals surface area contributed by atoms with Crippen LogP contribution in [-0.4, -0.2) is 120 Å². The Labute approximate surface area is 327 Å². The Kier molecular flexibility index (Phi) is 10.6. The largest absolute Gasteiger partial charge is 0.507 e. The molecule has 13 heteroatoms. The fraction of sp³-hybridized carbons (Fsp3) is 0.419. The van der Waals surface area contributed by atoms with Crippen molar-refractivity contribution in [1.82, 2.24) is 20.0 Å². The number of imide groups is 1. The number of aromatic hydroxyl groups is 1. The maximum absolute atomic E-state index is 13.2. The second-order valence-electron chi connectivity index (χ2n) is 15.7. The summed E-state index contributed by atoms with van der Waals surface area (Å²) in [5.74, 6) is -0.885. The van der Waals surface area contributed by atoms with Crippen molar-refractivity contribution in [3.8, 4) is 5.75 Å². The summed E-state index contributed by atoms with van der Waals surface area (Å²) in [6, 6.07) is 21.5. The van der Waals surface area contributed by atoms with Gasteiger partial charge in [-0.15, -0.1) is 0 Å². The van der Waals surface area contributed by atoms with Crippen LogP contribution in [0.1, 0.15) is 65.6 Å². The number of carbonyl (C=O) groups is 3. The van der Waals surface area contributed by atoms with Crippen LogP contribution in [0.2, 0.25) is 0 Å². The molecule has 0 radical (unpaired) electrons. The molecule has 0 spiro atoms. The smallest absolute Gasteiger partial charge is 0.255 e. The fourth-order valence-electron chi connectivity index (χ4n) is 9.33. The molecule has 1 atom stereocenters. The number of amides is 3. The van der Waals surface area contributed by atoms with Crippen molar-refractivity contribution in [2.75, 3.05) is 62.2 Å². The second-order valence-corrected chi connectivity index (χ2v) is 15.7. The Balaban J connectivity index is 0.787. The molecule has 4 fully saturated rings. The number of amidine groups is 1. The first-order valence-corrected chi connectivity index (χ1v) is 19.9. The van der Waals surface area contributed by atoms with E-state index in [9.17, 15) is 19.5 Å². The van der Waals surface area contributed by atoms with Gasteiger partial charge in [0.2, 0.25) is 11.8 Å². The van der Waals surface area contributed by atoms with Crippen molar-refractivity contribution < 1.29 is 19.5 Å². The number of para-hydroxylation sites is 1. The highest BCUT2D eigenvalue weighted by Crippen LogP contribution is 2.33. The molecule has 1 aliphatic carbocycles. The molecular weight excluding hydrogens is 707 g/mol. The van der Waals surface area contributed by atoms with Crippen LogP contribution in [0.15, 0.2) is 72.8 Å². The summed E-state index contributed by atoms with van der Waals surface area (Å²) < 4.78 is 0. The lowest BCUT2D eigenvalue weighted by Gasteiger charge is -2.46. The summed E-state index contributed by atoms with van der Waals surface area (Å²) >= 11 is 0. The van der Waals surface area contributed by atoms with E-state index in [0.29, 0.717) is 41.7 Å². The molecular formula is C43H51N9O4. The summed E-state index contributed by atoms with van der Waals surface area (Å²) in [5, 5.41) is 29.2. The van der Waals surface area contributed by atoms with Crippen LogP contribution in [-0.2, 0) is 16.1 Å². The van der Waals surface area contributed by atoms with E-state index < -0.39 is 6.04 Å². The lowest BCUT2D eigenvalue weighted by atomic mass is 9.88. The highest BCUT2D eigenvalue weighted by atomic mass is 16.3. The van der Waals surface area contributed by atoms with Gasteiger partial charge in [0.1, 0.15) is 17.6 Å². The number of fused-ring (bicyclic) bond motifs is 1. The van der Waals surface area contributed by atoms with Crippen molar-refractivity contribution in [2.24, 2.45) is 5.73 Å². The second kappa shape index (κ2) is 15.9. The van der Waals surface area contributed by atoms with Gasteiger partial charge in [-0.05, 0) is 91.8 Å². The minimum atomic E-state index is -0.594. The zero-order chi connectivity index (χ0) is 38.9. The minimum Gasteiger partial charge on any atom is -0.507 e. The maximum Gasteiger partial charge on any atom is 0.255 e. The van der Waals surface area contributed by atoms with Crippen LogP contribution >= 0.6 is 0 Å². The van der Waals surface area contributed by atoms with Crippen LogP contribution in [0.5, 0.6) is 5.75 Å². The van der Waals surface area contributed by atoms with E-state index in [4.69, 9.17) is 16.6 Å². The molecule has 56 heavy (non-hydrogen) atoms. The van der Waals surface area contributed by atoms with Gasteiger partial charge in [-0.1, -0.05) is 24.3 Å². The van der Waals surface area contributed by atoms with Gasteiger partial charge >= 0.3 is 0 Å². The van der Waals surface area contributed by atoms with Crippen molar-refractivity contribution >= 4 is 46.2 Å². The average Bonchev–Trinajstić information content (AvgIpc) is 3.55. The number of carbonyl (C=O) groups excluding carboxylic acids is 3. The third-order valence-electron chi connectivity index (χ3n) is 12.5. The first-order valence-electron chi connectivity index (χ1n) is 19.9. The number of piperidine rings is 1. The molecule has 1 unspecified atom stereocenters. The van der Waals surface area contributed by atoms with Crippen LogP contribution in [0.3, 0.4) is 0 Å². The third kappa shape index (κ3) is 7.65. The van der Waals surface area contributed by atoms with Gasteiger partial charge in [0.25, 0.3) is 5.91 Å². The van der Waals surface area contributed by atoms with Gasteiger partial charge < -0.3 is 30.9 Å². The fourth-order valence-corrected chi connectivity index (χ4v) is 9.33. The molecule has 1 saturated carbocycles. The van der Waals surface area contributed by atoms with Crippen LogP contribution in [0.4, 0.5) is 11.4 Å². The number of rotatable bonds is 9. The maximum atomic E-state index is 13.2. The van der Waals surface area contributed by atoms with Crippen molar-refractivity contribution in [3.05, 3.63) is 95.1 Å². The molecule has 3 aromatic rings. The third-order valence-corrected chi connectivity index (χ3v) is 12.5. The lowest BCUT2D eigenvalue weighted by Crippen LogP contribution is -2.54. The number of nitrogens with one attached hydrogen (secondary N) is 3. The molecule has 3 saturated heterocycles. The number of phenols is 1. The van der Waals surface area contributed by atoms with E-state index >= 15 is 0 Å². The number of nitrogens with two attached hydrogens (primary N) is 1. The predicted molar refractivity (Wildman–Crippen MR) is 217 cm³/mol. The summed E-state index contributed by atoms with van der Waals surface area (Å²) in [7, 11) is 0. The molecule has 3 aromatic carbocycles. The van der Waals surface area contributed by atoms with Gasteiger partial charge in [0.15, 0.2) is 0 Å². The zero-order valence-electron chi connectivity index (χ0n) is 31.8. The topological polar surface area (TPSA) is 173 Å². The number of benzene rings is 3. The van der Waals surface area contributed by atoms with Crippen LogP contribution in [0.25, 0.3) is 5.57 Å². The normalized spacial score (nSPS) is 23.9. The number of piperazine rings is 2. The SMILES string of the molecule is N=C(N)/C(=C\C(=N)c1ccccc1O)c1ccc(N2CCN(C3CCC(N4CCN(c5ccc6c(c5)CN(C5CCC(=O)NC5=O)C6=O)CC4)CC3)CC2)cc1. The Hall–Kier alpha value is -5.53. The van der Waals surface area contributed by atoms with E-state index in [1.165, 1.54) is 25.7 Å². The number of hydrogen-bond donors (Lipinski definition) is 5. The van der Waals surface area contributed by atoms with Gasteiger partial charge in [-0.2, -0.15) is 0 Å².